The van der Waals surface area contributed by atoms with E-state index >= 15 is 0 Å². The summed E-state index contributed by atoms with van der Waals surface area (Å²) in [5.74, 6) is 1.51. The van der Waals surface area contributed by atoms with Crippen LogP contribution in [0, 0.1) is 0 Å². The summed E-state index contributed by atoms with van der Waals surface area (Å²) in [6.45, 7) is 4.29. The minimum Gasteiger partial charge on any atom is -0.497 e. The monoisotopic (exact) mass is 287 g/mol. The van der Waals surface area contributed by atoms with Crippen molar-refractivity contribution < 1.29 is 14.6 Å². The number of aliphatic hydroxyl groups is 1. The van der Waals surface area contributed by atoms with Gasteiger partial charge >= 0.3 is 0 Å². The Balaban J connectivity index is 2.87. The van der Waals surface area contributed by atoms with Gasteiger partial charge in [-0.05, 0) is 24.7 Å². The number of alkyl halides is 1. The molecule has 1 aromatic carbocycles. The van der Waals surface area contributed by atoms with Crippen LogP contribution in [0.1, 0.15) is 17.9 Å². The Morgan fingerprint density at radius 2 is 2.05 bits per heavy atom. The minimum absolute atomic E-state index is 0.132. The van der Waals surface area contributed by atoms with Crippen molar-refractivity contribution in [3.8, 4) is 11.5 Å². The normalized spacial score (nSPS) is 12.5. The van der Waals surface area contributed by atoms with Crippen LogP contribution >= 0.6 is 11.6 Å². The molecule has 1 rings (SSSR count). The third-order valence-corrected chi connectivity index (χ3v) is 3.43. The molecule has 1 N–H and O–H groups in total. The molecule has 5 heteroatoms. The molecular formula is C14H22ClNO3. The Kier molecular flexibility index (Phi) is 6.99. The second kappa shape index (κ2) is 8.25. The summed E-state index contributed by atoms with van der Waals surface area (Å²) in [4.78, 5) is 2.09. The van der Waals surface area contributed by atoms with Gasteiger partial charge in [0.15, 0.2) is 0 Å². The molecule has 1 unspecified atom stereocenters. The standard InChI is InChI=1S/C14H22ClNO3/c1-4-16(7-8-17)10-13(15)12-9-11(18-2)5-6-14(12)19-3/h5-6,9,13,17H,4,7-8,10H2,1-3H3. The predicted octanol–water partition coefficient (Wildman–Crippen LogP) is 2.30. The highest BCUT2D eigenvalue weighted by atomic mass is 35.5. The van der Waals surface area contributed by atoms with Gasteiger partial charge in [0, 0.05) is 18.7 Å². The van der Waals surface area contributed by atoms with Crippen molar-refractivity contribution in [2.75, 3.05) is 40.5 Å². The van der Waals surface area contributed by atoms with Crippen LogP contribution in [0.25, 0.3) is 0 Å². The molecule has 0 fully saturated rings. The smallest absolute Gasteiger partial charge is 0.123 e. The lowest BCUT2D eigenvalue weighted by Crippen LogP contribution is -2.29. The maximum Gasteiger partial charge on any atom is 0.123 e. The van der Waals surface area contributed by atoms with Crippen molar-refractivity contribution >= 4 is 11.6 Å². The van der Waals surface area contributed by atoms with Gasteiger partial charge in [0.05, 0.1) is 26.2 Å². The van der Waals surface area contributed by atoms with Gasteiger partial charge in [0.1, 0.15) is 11.5 Å². The van der Waals surface area contributed by atoms with E-state index < -0.39 is 0 Å². The number of rotatable bonds is 8. The van der Waals surface area contributed by atoms with Crippen LogP contribution in [-0.2, 0) is 0 Å². The number of nitrogens with zero attached hydrogens (tertiary/aromatic N) is 1. The van der Waals surface area contributed by atoms with Gasteiger partial charge in [-0.25, -0.2) is 0 Å². The summed E-state index contributed by atoms with van der Waals surface area (Å²) >= 11 is 6.47. The zero-order valence-corrected chi connectivity index (χ0v) is 12.5. The van der Waals surface area contributed by atoms with Crippen molar-refractivity contribution in [1.29, 1.82) is 0 Å². The van der Waals surface area contributed by atoms with E-state index in [2.05, 4.69) is 4.90 Å². The molecule has 0 saturated heterocycles. The van der Waals surface area contributed by atoms with E-state index in [4.69, 9.17) is 26.2 Å². The number of benzene rings is 1. The van der Waals surface area contributed by atoms with E-state index in [0.717, 1.165) is 23.6 Å². The number of methoxy groups -OCH3 is 2. The molecule has 0 aliphatic heterocycles. The van der Waals surface area contributed by atoms with Crippen molar-refractivity contribution in [2.24, 2.45) is 0 Å². The molecule has 0 aliphatic carbocycles. The van der Waals surface area contributed by atoms with E-state index in [0.29, 0.717) is 13.1 Å². The van der Waals surface area contributed by atoms with E-state index in [1.807, 2.05) is 25.1 Å². The van der Waals surface area contributed by atoms with Crippen LogP contribution in [0.15, 0.2) is 18.2 Å². The number of halogens is 1. The van der Waals surface area contributed by atoms with Crippen LogP contribution in [-0.4, -0.2) is 50.5 Å². The highest BCUT2D eigenvalue weighted by Crippen LogP contribution is 2.33. The summed E-state index contributed by atoms with van der Waals surface area (Å²) in [6, 6.07) is 5.59. The average molecular weight is 288 g/mol. The van der Waals surface area contributed by atoms with Gasteiger partial charge in [-0.3, -0.25) is 4.90 Å². The van der Waals surface area contributed by atoms with Crippen LogP contribution in [0.4, 0.5) is 0 Å². The molecule has 108 valence electrons. The number of likely N-dealkylation sites (N-methyl/N-ethyl adjacent to an activating group) is 1. The highest BCUT2D eigenvalue weighted by Gasteiger charge is 2.17. The first-order valence-corrected chi connectivity index (χ1v) is 6.79. The zero-order chi connectivity index (χ0) is 14.3. The largest absolute Gasteiger partial charge is 0.497 e. The average Bonchev–Trinajstić information content (AvgIpc) is 2.45. The summed E-state index contributed by atoms with van der Waals surface area (Å²) in [5, 5.41) is 8.79. The Morgan fingerprint density at radius 1 is 1.32 bits per heavy atom. The number of hydrogen-bond acceptors (Lipinski definition) is 4. The first-order chi connectivity index (χ1) is 9.15. The molecular weight excluding hydrogens is 266 g/mol. The first-order valence-electron chi connectivity index (χ1n) is 6.35. The van der Waals surface area contributed by atoms with Crippen LogP contribution in [0.3, 0.4) is 0 Å². The van der Waals surface area contributed by atoms with E-state index in [-0.39, 0.29) is 12.0 Å². The second-order valence-corrected chi connectivity index (χ2v) is 4.72. The molecule has 0 spiro atoms. The molecule has 1 aromatic rings. The molecule has 4 nitrogen and oxygen atoms in total. The molecule has 0 heterocycles. The fraction of sp³-hybridized carbons (Fsp3) is 0.571. The van der Waals surface area contributed by atoms with Crippen molar-refractivity contribution in [1.82, 2.24) is 4.90 Å². The third-order valence-electron chi connectivity index (χ3n) is 3.06. The van der Waals surface area contributed by atoms with Crippen molar-refractivity contribution in [3.05, 3.63) is 23.8 Å². The lowest BCUT2D eigenvalue weighted by atomic mass is 10.1. The Morgan fingerprint density at radius 3 is 2.58 bits per heavy atom. The minimum atomic E-state index is -0.212. The molecule has 0 saturated carbocycles. The predicted molar refractivity (Wildman–Crippen MR) is 77.3 cm³/mol. The van der Waals surface area contributed by atoms with E-state index in [1.165, 1.54) is 0 Å². The molecule has 0 aromatic heterocycles. The van der Waals surface area contributed by atoms with E-state index in [9.17, 15) is 0 Å². The van der Waals surface area contributed by atoms with Crippen LogP contribution in [0.5, 0.6) is 11.5 Å². The third kappa shape index (κ3) is 4.56. The zero-order valence-electron chi connectivity index (χ0n) is 11.7. The summed E-state index contributed by atoms with van der Waals surface area (Å²) in [7, 11) is 3.25. The first kappa shape index (κ1) is 16.1. The summed E-state index contributed by atoms with van der Waals surface area (Å²) < 4.78 is 10.5. The fourth-order valence-corrected chi connectivity index (χ4v) is 2.29. The molecule has 19 heavy (non-hydrogen) atoms. The van der Waals surface area contributed by atoms with Crippen LogP contribution < -0.4 is 9.47 Å². The quantitative estimate of drug-likeness (QED) is 0.745. The van der Waals surface area contributed by atoms with Gasteiger partial charge in [0.25, 0.3) is 0 Å². The maximum atomic E-state index is 9.00. The van der Waals surface area contributed by atoms with E-state index in [1.54, 1.807) is 14.2 Å². The Hall–Kier alpha value is -0.970. The van der Waals surface area contributed by atoms with Gasteiger partial charge in [-0.2, -0.15) is 0 Å². The molecule has 0 amide bonds. The SMILES string of the molecule is CCN(CCO)CC(Cl)c1cc(OC)ccc1OC. The molecule has 0 radical (unpaired) electrons. The Bertz CT molecular complexity index is 387. The van der Waals surface area contributed by atoms with Crippen molar-refractivity contribution in [2.45, 2.75) is 12.3 Å². The molecule has 0 bridgehead atoms. The number of hydrogen-bond donors (Lipinski definition) is 1. The lowest BCUT2D eigenvalue weighted by Gasteiger charge is -2.23. The van der Waals surface area contributed by atoms with Gasteiger partial charge < -0.3 is 14.6 Å². The second-order valence-electron chi connectivity index (χ2n) is 4.19. The Labute approximate surface area is 119 Å². The van der Waals surface area contributed by atoms with Gasteiger partial charge in [-0.15, -0.1) is 11.6 Å². The maximum absolute atomic E-state index is 9.00. The highest BCUT2D eigenvalue weighted by molar-refractivity contribution is 6.21. The topological polar surface area (TPSA) is 41.9 Å². The summed E-state index contributed by atoms with van der Waals surface area (Å²) in [5.41, 5.74) is 0.903. The van der Waals surface area contributed by atoms with Gasteiger partial charge in [0.2, 0.25) is 0 Å². The van der Waals surface area contributed by atoms with Gasteiger partial charge in [-0.1, -0.05) is 6.92 Å². The molecule has 1 atom stereocenters. The fourth-order valence-electron chi connectivity index (χ4n) is 1.93. The lowest BCUT2D eigenvalue weighted by molar-refractivity contribution is 0.201. The number of ether oxygens (including phenoxy) is 2. The summed E-state index contributed by atoms with van der Waals surface area (Å²) in [6.07, 6.45) is 0. The molecule has 0 aliphatic rings. The van der Waals surface area contributed by atoms with Crippen molar-refractivity contribution in [3.63, 3.8) is 0 Å². The van der Waals surface area contributed by atoms with Crippen LogP contribution in [0.2, 0.25) is 0 Å². The number of aliphatic hydroxyl groups excluding tert-OH is 1.